The highest BCUT2D eigenvalue weighted by atomic mass is 16.6. The number of aliphatic hydroxyl groups excluding tert-OH is 1. The van der Waals surface area contributed by atoms with Crippen LogP contribution in [0, 0.1) is 0 Å². The largest absolute Gasteiger partial charge is 0.482 e. The van der Waals surface area contributed by atoms with E-state index in [1.165, 1.54) is 0 Å². The molecule has 17 heavy (non-hydrogen) atoms. The van der Waals surface area contributed by atoms with E-state index in [1.54, 1.807) is 45.0 Å². The minimum absolute atomic E-state index is 0.121. The van der Waals surface area contributed by atoms with Crippen molar-refractivity contribution in [1.29, 1.82) is 0 Å². The first-order valence-electron chi connectivity index (χ1n) is 5.46. The SMILES string of the molecule is CC(C)(C)OC(=O)COc1ccccc1CO. The lowest BCUT2D eigenvalue weighted by Crippen LogP contribution is -2.27. The van der Waals surface area contributed by atoms with Crippen molar-refractivity contribution in [2.24, 2.45) is 0 Å². The highest BCUT2D eigenvalue weighted by Gasteiger charge is 2.16. The van der Waals surface area contributed by atoms with Gasteiger partial charge in [0, 0.05) is 5.56 Å². The summed E-state index contributed by atoms with van der Waals surface area (Å²) in [5.74, 6) is 0.0751. The van der Waals surface area contributed by atoms with Crippen molar-refractivity contribution < 1.29 is 19.4 Å². The van der Waals surface area contributed by atoms with Crippen LogP contribution in [0.4, 0.5) is 0 Å². The minimum Gasteiger partial charge on any atom is -0.482 e. The number of benzene rings is 1. The topological polar surface area (TPSA) is 55.8 Å². The van der Waals surface area contributed by atoms with Gasteiger partial charge in [0.15, 0.2) is 6.61 Å². The van der Waals surface area contributed by atoms with Gasteiger partial charge in [0.05, 0.1) is 6.61 Å². The smallest absolute Gasteiger partial charge is 0.344 e. The Labute approximate surface area is 101 Å². The van der Waals surface area contributed by atoms with E-state index in [0.717, 1.165) is 0 Å². The first-order valence-corrected chi connectivity index (χ1v) is 5.46. The molecule has 0 aromatic heterocycles. The van der Waals surface area contributed by atoms with Crippen molar-refractivity contribution in [2.45, 2.75) is 33.0 Å². The van der Waals surface area contributed by atoms with Gasteiger partial charge in [-0.1, -0.05) is 18.2 Å². The van der Waals surface area contributed by atoms with Crippen LogP contribution in [-0.2, 0) is 16.1 Å². The maximum atomic E-state index is 11.4. The quantitative estimate of drug-likeness (QED) is 0.814. The molecule has 0 bridgehead atoms. The summed E-state index contributed by atoms with van der Waals surface area (Å²) in [6.07, 6.45) is 0. The number of hydrogen-bond donors (Lipinski definition) is 1. The van der Waals surface area contributed by atoms with Gasteiger partial charge in [-0.25, -0.2) is 4.79 Å². The van der Waals surface area contributed by atoms with Crippen LogP contribution in [0.25, 0.3) is 0 Å². The molecule has 1 rings (SSSR count). The van der Waals surface area contributed by atoms with Crippen LogP contribution in [0.1, 0.15) is 26.3 Å². The van der Waals surface area contributed by atoms with E-state index < -0.39 is 11.6 Å². The Bertz CT molecular complexity index is 379. The molecule has 0 amide bonds. The number of rotatable bonds is 4. The van der Waals surface area contributed by atoms with Gasteiger partial charge in [-0.2, -0.15) is 0 Å². The van der Waals surface area contributed by atoms with Crippen LogP contribution in [0.5, 0.6) is 5.75 Å². The summed E-state index contributed by atoms with van der Waals surface area (Å²) in [6, 6.07) is 7.02. The highest BCUT2D eigenvalue weighted by Crippen LogP contribution is 2.17. The van der Waals surface area contributed by atoms with E-state index in [2.05, 4.69) is 0 Å². The second kappa shape index (κ2) is 5.68. The molecule has 1 aromatic carbocycles. The number of esters is 1. The van der Waals surface area contributed by atoms with Crippen LogP contribution in [0.2, 0.25) is 0 Å². The number of carbonyl (C=O) groups excluding carboxylic acids is 1. The molecule has 0 fully saturated rings. The zero-order valence-corrected chi connectivity index (χ0v) is 10.4. The lowest BCUT2D eigenvalue weighted by atomic mass is 10.2. The Kier molecular flexibility index (Phi) is 4.52. The fourth-order valence-electron chi connectivity index (χ4n) is 1.28. The third kappa shape index (κ3) is 4.87. The summed E-state index contributed by atoms with van der Waals surface area (Å²) >= 11 is 0. The second-order valence-corrected chi connectivity index (χ2v) is 4.64. The molecule has 0 spiro atoms. The molecule has 0 unspecified atom stereocenters. The predicted octanol–water partition coefficient (Wildman–Crippen LogP) is 1.90. The molecule has 0 aliphatic heterocycles. The average Bonchev–Trinajstić information content (AvgIpc) is 2.24. The zero-order chi connectivity index (χ0) is 12.9. The summed E-state index contributed by atoms with van der Waals surface area (Å²) < 4.78 is 10.4. The second-order valence-electron chi connectivity index (χ2n) is 4.64. The van der Waals surface area contributed by atoms with Crippen molar-refractivity contribution in [3.05, 3.63) is 29.8 Å². The van der Waals surface area contributed by atoms with Gasteiger partial charge in [-0.15, -0.1) is 0 Å². The maximum absolute atomic E-state index is 11.4. The normalized spacial score (nSPS) is 11.1. The molecule has 0 radical (unpaired) electrons. The third-order valence-electron chi connectivity index (χ3n) is 1.91. The van der Waals surface area contributed by atoms with Gasteiger partial charge < -0.3 is 14.6 Å². The molecule has 4 heteroatoms. The minimum atomic E-state index is -0.517. The van der Waals surface area contributed by atoms with E-state index in [0.29, 0.717) is 11.3 Å². The predicted molar refractivity (Wildman–Crippen MR) is 63.7 cm³/mol. The number of carbonyl (C=O) groups is 1. The van der Waals surface area contributed by atoms with Gasteiger partial charge in [-0.3, -0.25) is 0 Å². The van der Waals surface area contributed by atoms with Gasteiger partial charge in [-0.05, 0) is 26.8 Å². The lowest BCUT2D eigenvalue weighted by molar-refractivity contribution is -0.157. The summed E-state index contributed by atoms with van der Waals surface area (Å²) in [6.45, 7) is 5.12. The Balaban J connectivity index is 2.53. The highest BCUT2D eigenvalue weighted by molar-refractivity contribution is 5.71. The molecule has 4 nitrogen and oxygen atoms in total. The van der Waals surface area contributed by atoms with Crippen molar-refractivity contribution in [3.8, 4) is 5.75 Å². The van der Waals surface area contributed by atoms with E-state index in [1.807, 2.05) is 0 Å². The van der Waals surface area contributed by atoms with Gasteiger partial charge in [0.1, 0.15) is 11.4 Å². The molecule has 1 N–H and O–H groups in total. The van der Waals surface area contributed by atoms with Crippen molar-refractivity contribution in [1.82, 2.24) is 0 Å². The summed E-state index contributed by atoms with van der Waals surface area (Å²) in [5, 5.41) is 9.07. The molecule has 0 saturated carbocycles. The van der Waals surface area contributed by atoms with Crippen LogP contribution < -0.4 is 4.74 Å². The summed E-state index contributed by atoms with van der Waals surface area (Å²) in [5.41, 5.74) is 0.132. The monoisotopic (exact) mass is 238 g/mol. The first-order chi connectivity index (χ1) is 7.92. The Morgan fingerprint density at radius 1 is 1.29 bits per heavy atom. The summed E-state index contributed by atoms with van der Waals surface area (Å²) in [4.78, 5) is 11.4. The maximum Gasteiger partial charge on any atom is 0.344 e. The fourth-order valence-corrected chi connectivity index (χ4v) is 1.28. The zero-order valence-electron chi connectivity index (χ0n) is 10.4. The molecule has 94 valence electrons. The Hall–Kier alpha value is -1.55. The van der Waals surface area contributed by atoms with Crippen molar-refractivity contribution in [2.75, 3.05) is 6.61 Å². The average molecular weight is 238 g/mol. The van der Waals surface area contributed by atoms with Crippen LogP contribution in [-0.4, -0.2) is 23.3 Å². The molecule has 1 aromatic rings. The first kappa shape index (κ1) is 13.5. The molecule has 0 saturated heterocycles. The number of hydrogen-bond acceptors (Lipinski definition) is 4. The molecular formula is C13H18O4. The lowest BCUT2D eigenvalue weighted by Gasteiger charge is -2.19. The van der Waals surface area contributed by atoms with E-state index in [4.69, 9.17) is 14.6 Å². The number of ether oxygens (including phenoxy) is 2. The molecule has 0 atom stereocenters. The summed E-state index contributed by atoms with van der Waals surface area (Å²) in [7, 11) is 0. The standard InChI is InChI=1S/C13H18O4/c1-13(2,3)17-12(15)9-16-11-7-5-4-6-10(11)8-14/h4-7,14H,8-9H2,1-3H3. The molecule has 0 aliphatic carbocycles. The van der Waals surface area contributed by atoms with E-state index in [-0.39, 0.29) is 13.2 Å². The Morgan fingerprint density at radius 3 is 2.53 bits per heavy atom. The van der Waals surface area contributed by atoms with E-state index >= 15 is 0 Å². The Morgan fingerprint density at radius 2 is 1.94 bits per heavy atom. The van der Waals surface area contributed by atoms with Crippen molar-refractivity contribution >= 4 is 5.97 Å². The van der Waals surface area contributed by atoms with Crippen LogP contribution >= 0.6 is 0 Å². The number of aliphatic hydroxyl groups is 1. The third-order valence-corrected chi connectivity index (χ3v) is 1.91. The van der Waals surface area contributed by atoms with Gasteiger partial charge in [0.25, 0.3) is 0 Å². The van der Waals surface area contributed by atoms with Gasteiger partial charge >= 0.3 is 5.97 Å². The van der Waals surface area contributed by atoms with Gasteiger partial charge in [0.2, 0.25) is 0 Å². The molecule has 0 heterocycles. The number of para-hydroxylation sites is 1. The molecular weight excluding hydrogens is 220 g/mol. The van der Waals surface area contributed by atoms with Crippen molar-refractivity contribution in [3.63, 3.8) is 0 Å². The van der Waals surface area contributed by atoms with Crippen LogP contribution in [0.15, 0.2) is 24.3 Å². The van der Waals surface area contributed by atoms with E-state index in [9.17, 15) is 4.79 Å². The van der Waals surface area contributed by atoms with Crippen LogP contribution in [0.3, 0.4) is 0 Å². The fraction of sp³-hybridized carbons (Fsp3) is 0.462. The molecule has 0 aliphatic rings.